The molecule has 0 atom stereocenters. The highest BCUT2D eigenvalue weighted by Gasteiger charge is 2.10. The minimum absolute atomic E-state index is 0.0215. The Balaban J connectivity index is 2.43. The number of hydrogen-bond acceptors (Lipinski definition) is 3. The summed E-state index contributed by atoms with van der Waals surface area (Å²) in [5, 5.41) is 0.695. The van der Waals surface area contributed by atoms with Gasteiger partial charge in [0.25, 0.3) is 0 Å². The van der Waals surface area contributed by atoms with Gasteiger partial charge >= 0.3 is 4.87 Å². The van der Waals surface area contributed by atoms with Crippen LogP contribution in [-0.2, 0) is 6.54 Å². The summed E-state index contributed by atoms with van der Waals surface area (Å²) < 4.78 is 0. The highest BCUT2D eigenvalue weighted by Crippen LogP contribution is 2.25. The van der Waals surface area contributed by atoms with Crippen LogP contribution in [0.3, 0.4) is 0 Å². The number of rotatable bonds is 3. The number of H-pyrrole nitrogens is 1. The fraction of sp³-hybridized carbons (Fsp3) is 0.250. The predicted octanol–water partition coefficient (Wildman–Crippen LogP) is 2.82. The number of halogens is 1. The molecule has 2 rings (SSSR count). The smallest absolute Gasteiger partial charge is 0.305 e. The van der Waals surface area contributed by atoms with E-state index < -0.39 is 0 Å². The maximum Gasteiger partial charge on any atom is 0.305 e. The van der Waals surface area contributed by atoms with Crippen molar-refractivity contribution < 1.29 is 0 Å². The van der Waals surface area contributed by atoms with Crippen molar-refractivity contribution in [3.63, 3.8) is 0 Å². The molecule has 1 aromatic heterocycles. The lowest BCUT2D eigenvalue weighted by molar-refractivity contribution is 0.406. The molecule has 0 saturated heterocycles. The Bertz CT molecular complexity index is 557. The van der Waals surface area contributed by atoms with Crippen LogP contribution >= 0.6 is 22.9 Å². The zero-order chi connectivity index (χ0) is 12.4. The second-order valence-corrected chi connectivity index (χ2v) is 5.56. The zero-order valence-electron chi connectivity index (χ0n) is 9.66. The first kappa shape index (κ1) is 12.4. The van der Waals surface area contributed by atoms with E-state index in [4.69, 9.17) is 11.6 Å². The number of nitrogens with one attached hydrogen (secondary N) is 1. The monoisotopic (exact) mass is 268 g/mol. The van der Waals surface area contributed by atoms with E-state index >= 15 is 0 Å². The summed E-state index contributed by atoms with van der Waals surface area (Å²) in [6, 6.07) is 7.48. The van der Waals surface area contributed by atoms with Gasteiger partial charge in [0.05, 0.1) is 5.69 Å². The van der Waals surface area contributed by atoms with Gasteiger partial charge in [0.15, 0.2) is 0 Å². The van der Waals surface area contributed by atoms with Gasteiger partial charge in [-0.15, -0.1) is 0 Å². The SMILES string of the molecule is CN(C)Cc1sc(=O)[nH]c1-c1ccc(Cl)cc1. The minimum Gasteiger partial charge on any atom is -0.312 e. The summed E-state index contributed by atoms with van der Waals surface area (Å²) in [6.45, 7) is 0.751. The van der Waals surface area contributed by atoms with Crippen molar-refractivity contribution in [2.45, 2.75) is 6.54 Å². The van der Waals surface area contributed by atoms with Crippen molar-refractivity contribution in [3.8, 4) is 11.3 Å². The molecule has 0 bridgehead atoms. The topological polar surface area (TPSA) is 36.1 Å². The number of thiazole rings is 1. The molecule has 1 aromatic carbocycles. The summed E-state index contributed by atoms with van der Waals surface area (Å²) in [4.78, 5) is 17.4. The van der Waals surface area contributed by atoms with Crippen LogP contribution in [0.4, 0.5) is 0 Å². The highest BCUT2D eigenvalue weighted by atomic mass is 35.5. The van der Waals surface area contributed by atoms with E-state index in [1.807, 2.05) is 43.3 Å². The number of nitrogens with zero attached hydrogens (tertiary/aromatic N) is 1. The van der Waals surface area contributed by atoms with E-state index in [0.29, 0.717) is 5.02 Å². The summed E-state index contributed by atoms with van der Waals surface area (Å²) >= 11 is 7.11. The van der Waals surface area contributed by atoms with Crippen LogP contribution in [0.2, 0.25) is 5.02 Å². The van der Waals surface area contributed by atoms with Crippen LogP contribution in [-0.4, -0.2) is 24.0 Å². The molecule has 0 aliphatic rings. The largest absolute Gasteiger partial charge is 0.312 e. The summed E-state index contributed by atoms with van der Waals surface area (Å²) in [6.07, 6.45) is 0. The van der Waals surface area contributed by atoms with E-state index in [9.17, 15) is 4.79 Å². The summed E-state index contributed by atoms with van der Waals surface area (Å²) in [5.41, 5.74) is 1.88. The predicted molar refractivity (Wildman–Crippen MR) is 72.8 cm³/mol. The van der Waals surface area contributed by atoms with Crippen LogP contribution in [0.25, 0.3) is 11.3 Å². The molecule has 0 fully saturated rings. The van der Waals surface area contributed by atoms with Crippen molar-refractivity contribution in [3.05, 3.63) is 43.8 Å². The maximum atomic E-state index is 11.5. The standard InChI is InChI=1S/C12H13ClN2OS/c1-15(2)7-10-11(14-12(16)17-10)8-3-5-9(13)6-4-8/h3-6H,7H2,1-2H3,(H,14,16). The molecule has 0 aliphatic carbocycles. The molecule has 17 heavy (non-hydrogen) atoms. The van der Waals surface area contributed by atoms with Gasteiger partial charge in [0, 0.05) is 16.4 Å². The van der Waals surface area contributed by atoms with E-state index in [1.165, 1.54) is 11.3 Å². The van der Waals surface area contributed by atoms with Gasteiger partial charge in [0.2, 0.25) is 0 Å². The quantitative estimate of drug-likeness (QED) is 0.929. The molecule has 0 spiro atoms. The lowest BCUT2D eigenvalue weighted by Crippen LogP contribution is -2.10. The Morgan fingerprint density at radius 1 is 1.29 bits per heavy atom. The average Bonchev–Trinajstić information content (AvgIpc) is 2.59. The van der Waals surface area contributed by atoms with Gasteiger partial charge < -0.3 is 9.88 Å². The Morgan fingerprint density at radius 2 is 1.94 bits per heavy atom. The van der Waals surface area contributed by atoms with Gasteiger partial charge in [-0.25, -0.2) is 0 Å². The van der Waals surface area contributed by atoms with Crippen molar-refractivity contribution in [2.24, 2.45) is 0 Å². The molecule has 1 heterocycles. The average molecular weight is 269 g/mol. The molecule has 2 aromatic rings. The van der Waals surface area contributed by atoms with Crippen LogP contribution in [0.5, 0.6) is 0 Å². The molecule has 0 saturated carbocycles. The number of aromatic amines is 1. The van der Waals surface area contributed by atoms with Crippen LogP contribution < -0.4 is 4.87 Å². The first-order valence-corrected chi connectivity index (χ1v) is 6.38. The van der Waals surface area contributed by atoms with Gasteiger partial charge in [-0.1, -0.05) is 35.1 Å². The summed E-state index contributed by atoms with van der Waals surface area (Å²) in [5.74, 6) is 0. The third kappa shape index (κ3) is 2.97. The Hall–Kier alpha value is -1.10. The third-order valence-electron chi connectivity index (χ3n) is 2.31. The van der Waals surface area contributed by atoms with Crippen LogP contribution in [0.1, 0.15) is 4.88 Å². The molecule has 0 unspecified atom stereocenters. The number of aromatic nitrogens is 1. The maximum absolute atomic E-state index is 11.5. The highest BCUT2D eigenvalue weighted by molar-refractivity contribution is 7.09. The van der Waals surface area contributed by atoms with Gasteiger partial charge in [-0.05, 0) is 31.8 Å². The molecule has 1 N–H and O–H groups in total. The second-order valence-electron chi connectivity index (χ2n) is 4.06. The summed E-state index contributed by atoms with van der Waals surface area (Å²) in [7, 11) is 3.96. The Labute approximate surface area is 109 Å². The second kappa shape index (κ2) is 5.04. The molecular weight excluding hydrogens is 256 g/mol. The molecule has 0 aliphatic heterocycles. The van der Waals surface area contributed by atoms with E-state index in [0.717, 1.165) is 22.7 Å². The van der Waals surface area contributed by atoms with Gasteiger partial charge in [-0.2, -0.15) is 0 Å². The fourth-order valence-corrected chi connectivity index (χ4v) is 2.71. The van der Waals surface area contributed by atoms with Crippen molar-refractivity contribution in [1.29, 1.82) is 0 Å². The molecular formula is C12H13ClN2OS. The molecule has 3 nitrogen and oxygen atoms in total. The first-order valence-electron chi connectivity index (χ1n) is 5.19. The van der Waals surface area contributed by atoms with Crippen molar-refractivity contribution in [1.82, 2.24) is 9.88 Å². The molecule has 0 radical (unpaired) electrons. The fourth-order valence-electron chi connectivity index (χ4n) is 1.61. The van der Waals surface area contributed by atoms with Gasteiger partial charge in [0.1, 0.15) is 0 Å². The van der Waals surface area contributed by atoms with E-state index in [2.05, 4.69) is 4.98 Å². The van der Waals surface area contributed by atoms with Crippen molar-refractivity contribution in [2.75, 3.05) is 14.1 Å². The first-order chi connectivity index (χ1) is 8.06. The van der Waals surface area contributed by atoms with E-state index in [1.54, 1.807) is 0 Å². The normalized spacial score (nSPS) is 11.1. The van der Waals surface area contributed by atoms with Crippen molar-refractivity contribution >= 4 is 22.9 Å². The molecule has 0 amide bonds. The lowest BCUT2D eigenvalue weighted by atomic mass is 10.1. The van der Waals surface area contributed by atoms with Crippen LogP contribution in [0.15, 0.2) is 29.1 Å². The minimum atomic E-state index is -0.0215. The molecule has 90 valence electrons. The number of hydrogen-bond donors (Lipinski definition) is 1. The third-order valence-corrected chi connectivity index (χ3v) is 3.43. The number of benzene rings is 1. The lowest BCUT2D eigenvalue weighted by Gasteiger charge is -2.09. The Kier molecular flexibility index (Phi) is 3.66. The zero-order valence-corrected chi connectivity index (χ0v) is 11.2. The molecule has 5 heteroatoms. The van der Waals surface area contributed by atoms with E-state index in [-0.39, 0.29) is 4.87 Å². The van der Waals surface area contributed by atoms with Crippen LogP contribution in [0, 0.1) is 0 Å². The Morgan fingerprint density at radius 3 is 2.53 bits per heavy atom. The van der Waals surface area contributed by atoms with Gasteiger partial charge in [-0.3, -0.25) is 4.79 Å².